The van der Waals surface area contributed by atoms with Gasteiger partial charge in [0.2, 0.25) is 11.8 Å². The summed E-state index contributed by atoms with van der Waals surface area (Å²) in [5.41, 5.74) is 2.90. The van der Waals surface area contributed by atoms with Gasteiger partial charge in [-0.05, 0) is 49.7 Å². The summed E-state index contributed by atoms with van der Waals surface area (Å²) in [6.07, 6.45) is 7.02. The lowest BCUT2D eigenvalue weighted by Gasteiger charge is -2.27. The van der Waals surface area contributed by atoms with Crippen LogP contribution in [0.4, 0.5) is 0 Å². The predicted octanol–water partition coefficient (Wildman–Crippen LogP) is 2.41. The zero-order valence-electron chi connectivity index (χ0n) is 14.4. The molecule has 2 amide bonds. The number of hydrogen-bond donors (Lipinski definition) is 1. The fourth-order valence-electron chi connectivity index (χ4n) is 4.33. The van der Waals surface area contributed by atoms with Gasteiger partial charge in [-0.15, -0.1) is 0 Å². The highest BCUT2D eigenvalue weighted by Crippen LogP contribution is 2.60. The van der Waals surface area contributed by atoms with E-state index in [1.807, 2.05) is 7.05 Å². The molecule has 0 aromatic heterocycles. The first-order valence-corrected chi connectivity index (χ1v) is 9.23. The van der Waals surface area contributed by atoms with Crippen molar-refractivity contribution < 1.29 is 9.59 Å². The first kappa shape index (κ1) is 15.7. The van der Waals surface area contributed by atoms with E-state index in [2.05, 4.69) is 29.6 Å². The van der Waals surface area contributed by atoms with Gasteiger partial charge in [0.25, 0.3) is 0 Å². The van der Waals surface area contributed by atoms with Crippen LogP contribution in [0.3, 0.4) is 0 Å². The number of rotatable bonds is 5. The summed E-state index contributed by atoms with van der Waals surface area (Å²) in [6, 6.07) is 9.01. The molecule has 0 unspecified atom stereocenters. The van der Waals surface area contributed by atoms with E-state index >= 15 is 0 Å². The largest absolute Gasteiger partial charge is 0.353 e. The number of amides is 2. The summed E-state index contributed by atoms with van der Waals surface area (Å²) >= 11 is 0. The van der Waals surface area contributed by atoms with Crippen LogP contribution in [-0.2, 0) is 21.4 Å². The van der Waals surface area contributed by atoms with E-state index in [9.17, 15) is 9.59 Å². The zero-order chi connectivity index (χ0) is 16.7. The van der Waals surface area contributed by atoms with Crippen molar-refractivity contribution in [1.29, 1.82) is 0 Å². The molecule has 4 nitrogen and oxygen atoms in total. The third-order valence-corrected chi connectivity index (χ3v) is 5.99. The van der Waals surface area contributed by atoms with Crippen molar-refractivity contribution in [2.45, 2.75) is 56.4 Å². The molecule has 0 bridgehead atoms. The minimum atomic E-state index is 0.0747. The molecule has 1 N–H and O–H groups in total. The average Bonchev–Trinajstić information content (AvgIpc) is 3.50. The fraction of sp³-hybridized carbons (Fsp3) is 0.600. The van der Waals surface area contributed by atoms with Gasteiger partial charge in [0.15, 0.2) is 0 Å². The summed E-state index contributed by atoms with van der Waals surface area (Å²) in [5.74, 6) is 0.395. The summed E-state index contributed by atoms with van der Waals surface area (Å²) < 4.78 is 0. The van der Waals surface area contributed by atoms with Gasteiger partial charge in [-0.25, -0.2) is 0 Å². The average molecular weight is 326 g/mol. The molecule has 24 heavy (non-hydrogen) atoms. The molecule has 128 valence electrons. The van der Waals surface area contributed by atoms with E-state index < -0.39 is 0 Å². The molecule has 2 saturated carbocycles. The SMILES string of the molecule is CN(CCC(=O)NC1CC1)C(=O)[C@H]1C[C@]12CCCc1ccccc12. The van der Waals surface area contributed by atoms with Gasteiger partial charge in [-0.3, -0.25) is 9.59 Å². The summed E-state index contributed by atoms with van der Waals surface area (Å²) in [4.78, 5) is 26.4. The van der Waals surface area contributed by atoms with Crippen LogP contribution in [0.5, 0.6) is 0 Å². The molecule has 1 spiro atoms. The van der Waals surface area contributed by atoms with Crippen LogP contribution in [0.25, 0.3) is 0 Å². The monoisotopic (exact) mass is 326 g/mol. The number of nitrogens with zero attached hydrogens (tertiary/aromatic N) is 1. The van der Waals surface area contributed by atoms with E-state index in [1.165, 1.54) is 17.5 Å². The van der Waals surface area contributed by atoms with Crippen LogP contribution in [0, 0.1) is 5.92 Å². The van der Waals surface area contributed by atoms with Crippen LogP contribution < -0.4 is 5.32 Å². The van der Waals surface area contributed by atoms with E-state index in [1.54, 1.807) is 4.90 Å². The van der Waals surface area contributed by atoms with Crippen molar-refractivity contribution in [3.05, 3.63) is 35.4 Å². The molecule has 1 aromatic rings. The predicted molar refractivity (Wildman–Crippen MR) is 92.6 cm³/mol. The molecule has 2 fully saturated rings. The van der Waals surface area contributed by atoms with E-state index in [0.29, 0.717) is 19.0 Å². The molecule has 1 aromatic carbocycles. The van der Waals surface area contributed by atoms with E-state index in [0.717, 1.165) is 32.1 Å². The van der Waals surface area contributed by atoms with Crippen molar-refractivity contribution in [1.82, 2.24) is 10.2 Å². The number of aryl methyl sites for hydroxylation is 1. The Morgan fingerprint density at radius 2 is 2.08 bits per heavy atom. The van der Waals surface area contributed by atoms with Gasteiger partial charge in [0.05, 0.1) is 0 Å². The second-order valence-electron chi connectivity index (χ2n) is 7.78. The molecular weight excluding hydrogens is 300 g/mol. The van der Waals surface area contributed by atoms with Gasteiger partial charge in [-0.1, -0.05) is 24.3 Å². The normalized spacial score (nSPS) is 27.5. The Morgan fingerprint density at radius 1 is 1.29 bits per heavy atom. The van der Waals surface area contributed by atoms with Crippen LogP contribution in [0.1, 0.15) is 49.7 Å². The molecule has 3 aliphatic carbocycles. The summed E-state index contributed by atoms with van der Waals surface area (Å²) in [5, 5.41) is 2.99. The van der Waals surface area contributed by atoms with Crippen molar-refractivity contribution in [3.63, 3.8) is 0 Å². The Kier molecular flexibility index (Phi) is 3.86. The molecule has 2 atom stereocenters. The van der Waals surface area contributed by atoms with Crippen LogP contribution in [0.2, 0.25) is 0 Å². The topological polar surface area (TPSA) is 49.4 Å². The van der Waals surface area contributed by atoms with Gasteiger partial charge in [-0.2, -0.15) is 0 Å². The van der Waals surface area contributed by atoms with Crippen molar-refractivity contribution in [2.75, 3.05) is 13.6 Å². The fourth-order valence-corrected chi connectivity index (χ4v) is 4.33. The minimum absolute atomic E-state index is 0.0747. The van der Waals surface area contributed by atoms with E-state index in [4.69, 9.17) is 0 Å². The second kappa shape index (κ2) is 5.91. The smallest absolute Gasteiger partial charge is 0.226 e. The highest BCUT2D eigenvalue weighted by atomic mass is 16.2. The maximum atomic E-state index is 12.8. The third kappa shape index (κ3) is 2.83. The number of benzene rings is 1. The molecule has 0 radical (unpaired) electrons. The molecular formula is C20H26N2O2. The van der Waals surface area contributed by atoms with Gasteiger partial charge < -0.3 is 10.2 Å². The Balaban J connectivity index is 1.37. The Hall–Kier alpha value is -1.84. The lowest BCUT2D eigenvalue weighted by atomic mass is 9.78. The van der Waals surface area contributed by atoms with Crippen molar-refractivity contribution in [2.24, 2.45) is 5.92 Å². The number of fused-ring (bicyclic) bond motifs is 2. The third-order valence-electron chi connectivity index (χ3n) is 5.99. The standard InChI is InChI=1S/C20H26N2O2/c1-22(12-10-18(23)21-15-8-9-15)19(24)17-13-20(17)11-4-6-14-5-2-3-7-16(14)20/h2-3,5,7,15,17H,4,6,8-13H2,1H3,(H,21,23)/t17-,20+/m1/s1. The molecule has 0 aliphatic heterocycles. The van der Waals surface area contributed by atoms with Gasteiger partial charge in [0.1, 0.15) is 0 Å². The van der Waals surface area contributed by atoms with Crippen molar-refractivity contribution >= 4 is 11.8 Å². The number of carbonyl (C=O) groups excluding carboxylic acids is 2. The summed E-state index contributed by atoms with van der Waals surface area (Å²) in [6.45, 7) is 0.519. The molecule has 0 heterocycles. The Bertz CT molecular complexity index is 667. The Morgan fingerprint density at radius 3 is 2.88 bits per heavy atom. The lowest BCUT2D eigenvalue weighted by molar-refractivity contribution is -0.132. The lowest BCUT2D eigenvalue weighted by Crippen LogP contribution is -2.35. The Labute approximate surface area is 143 Å². The number of hydrogen-bond acceptors (Lipinski definition) is 2. The maximum Gasteiger partial charge on any atom is 0.226 e. The zero-order valence-corrected chi connectivity index (χ0v) is 14.4. The maximum absolute atomic E-state index is 12.8. The molecule has 4 heteroatoms. The molecule has 3 aliphatic rings. The quantitative estimate of drug-likeness (QED) is 0.903. The van der Waals surface area contributed by atoms with Crippen LogP contribution in [-0.4, -0.2) is 36.3 Å². The highest BCUT2D eigenvalue weighted by Gasteiger charge is 2.60. The first-order chi connectivity index (χ1) is 11.6. The van der Waals surface area contributed by atoms with Crippen LogP contribution in [0.15, 0.2) is 24.3 Å². The van der Waals surface area contributed by atoms with Crippen LogP contribution >= 0.6 is 0 Å². The van der Waals surface area contributed by atoms with E-state index in [-0.39, 0.29) is 23.1 Å². The summed E-state index contributed by atoms with van der Waals surface area (Å²) in [7, 11) is 1.84. The van der Waals surface area contributed by atoms with Gasteiger partial charge in [0, 0.05) is 37.4 Å². The van der Waals surface area contributed by atoms with Crippen molar-refractivity contribution in [3.8, 4) is 0 Å². The molecule has 4 rings (SSSR count). The highest BCUT2D eigenvalue weighted by molar-refractivity contribution is 5.85. The number of nitrogens with one attached hydrogen (secondary N) is 1. The second-order valence-corrected chi connectivity index (χ2v) is 7.78. The van der Waals surface area contributed by atoms with Gasteiger partial charge >= 0.3 is 0 Å². The minimum Gasteiger partial charge on any atom is -0.353 e. The molecule has 0 saturated heterocycles. The first-order valence-electron chi connectivity index (χ1n) is 9.23. The number of carbonyl (C=O) groups is 2.